The van der Waals surface area contributed by atoms with Gasteiger partial charge in [0, 0.05) is 13.0 Å². The van der Waals surface area contributed by atoms with E-state index in [0.717, 1.165) is 0 Å². The second-order valence-corrected chi connectivity index (χ2v) is 3.82. The average molecular weight is 265 g/mol. The molecule has 16 heavy (non-hydrogen) atoms. The molecule has 0 heterocycles. The Labute approximate surface area is 102 Å². The Morgan fingerprint density at radius 2 is 1.88 bits per heavy atom. The summed E-state index contributed by atoms with van der Waals surface area (Å²) in [6.45, 7) is 0.0653. The van der Waals surface area contributed by atoms with E-state index in [1.54, 1.807) is 0 Å². The van der Waals surface area contributed by atoms with Gasteiger partial charge in [0.1, 0.15) is 0 Å². The summed E-state index contributed by atoms with van der Waals surface area (Å²) < 4.78 is 4.82. The summed E-state index contributed by atoms with van der Waals surface area (Å²) in [7, 11) is 0. The Hall–Kier alpha value is -0.970. The lowest BCUT2D eigenvalue weighted by Crippen LogP contribution is -2.07. The highest BCUT2D eigenvalue weighted by Gasteiger charge is 2.13. The van der Waals surface area contributed by atoms with Crippen LogP contribution in [0.25, 0.3) is 0 Å². The summed E-state index contributed by atoms with van der Waals surface area (Å²) in [5.41, 5.74) is 0.158. The fourth-order valence-corrected chi connectivity index (χ4v) is 1.48. The van der Waals surface area contributed by atoms with Gasteiger partial charge in [-0.25, -0.2) is 4.79 Å². The van der Waals surface area contributed by atoms with Gasteiger partial charge in [0.2, 0.25) is 0 Å². The van der Waals surface area contributed by atoms with Crippen LogP contribution in [0.3, 0.4) is 0 Å². The number of carbonyl (C=O) groups is 1. The Bertz CT molecular complexity index is 369. The number of phenolic OH excluding ortho intramolecular Hbond substituents is 1. The van der Waals surface area contributed by atoms with Gasteiger partial charge >= 0.3 is 5.97 Å². The first-order valence-corrected chi connectivity index (χ1v) is 5.28. The zero-order chi connectivity index (χ0) is 12.1. The molecule has 0 atom stereocenters. The van der Waals surface area contributed by atoms with E-state index in [2.05, 4.69) is 0 Å². The number of esters is 1. The van der Waals surface area contributed by atoms with Gasteiger partial charge in [0.15, 0.2) is 5.75 Å². The van der Waals surface area contributed by atoms with Gasteiger partial charge in [-0.1, -0.05) is 23.2 Å². The third-order valence-electron chi connectivity index (χ3n) is 1.79. The first-order chi connectivity index (χ1) is 7.56. The van der Waals surface area contributed by atoms with Crippen molar-refractivity contribution >= 4 is 29.2 Å². The van der Waals surface area contributed by atoms with Crippen LogP contribution in [0.2, 0.25) is 10.0 Å². The molecule has 1 aromatic rings. The minimum Gasteiger partial charge on any atom is -0.505 e. The summed E-state index contributed by atoms with van der Waals surface area (Å²) in [6, 6.07) is 2.54. The highest BCUT2D eigenvalue weighted by Crippen LogP contribution is 2.32. The van der Waals surface area contributed by atoms with E-state index in [1.807, 2.05) is 0 Å². The van der Waals surface area contributed by atoms with E-state index in [1.165, 1.54) is 12.1 Å². The predicted molar refractivity (Wildman–Crippen MR) is 60.1 cm³/mol. The van der Waals surface area contributed by atoms with Crippen LogP contribution in [0, 0.1) is 0 Å². The number of rotatable bonds is 4. The monoisotopic (exact) mass is 264 g/mol. The molecule has 0 amide bonds. The third-order valence-corrected chi connectivity index (χ3v) is 2.36. The van der Waals surface area contributed by atoms with Crippen LogP contribution in [0.5, 0.6) is 5.75 Å². The molecule has 0 unspecified atom stereocenters. The fraction of sp³-hybridized carbons (Fsp3) is 0.300. The molecule has 1 aromatic carbocycles. The summed E-state index contributed by atoms with van der Waals surface area (Å²) in [5.74, 6) is -0.868. The standard InChI is InChI=1S/C10H10Cl2O4/c11-7-4-6(5-8(12)9(7)14)10(15)16-3-1-2-13/h4-5,13-14H,1-3H2. The second-order valence-electron chi connectivity index (χ2n) is 3.00. The molecule has 0 radical (unpaired) electrons. The molecule has 0 saturated heterocycles. The number of aliphatic hydroxyl groups excluding tert-OH is 1. The normalized spacial score (nSPS) is 10.2. The van der Waals surface area contributed by atoms with Gasteiger partial charge in [-0.2, -0.15) is 0 Å². The lowest BCUT2D eigenvalue weighted by Gasteiger charge is -2.06. The van der Waals surface area contributed by atoms with Crippen molar-refractivity contribution < 1.29 is 19.7 Å². The van der Waals surface area contributed by atoms with E-state index < -0.39 is 5.97 Å². The number of carbonyl (C=O) groups excluding carboxylic acids is 1. The summed E-state index contributed by atoms with van der Waals surface area (Å²) in [6.07, 6.45) is 0.366. The lowest BCUT2D eigenvalue weighted by molar-refractivity contribution is 0.0482. The van der Waals surface area contributed by atoms with Crippen molar-refractivity contribution in [2.45, 2.75) is 6.42 Å². The lowest BCUT2D eigenvalue weighted by atomic mass is 10.2. The minimum atomic E-state index is -0.600. The summed E-state index contributed by atoms with van der Waals surface area (Å²) >= 11 is 11.3. The number of aliphatic hydroxyl groups is 1. The molecule has 0 aliphatic rings. The molecular weight excluding hydrogens is 255 g/mol. The maximum absolute atomic E-state index is 11.4. The van der Waals surface area contributed by atoms with Crippen LogP contribution in [0.4, 0.5) is 0 Å². The van der Waals surface area contributed by atoms with Crippen molar-refractivity contribution in [1.82, 2.24) is 0 Å². The van der Waals surface area contributed by atoms with Gasteiger partial charge in [0.05, 0.1) is 22.2 Å². The molecule has 4 nitrogen and oxygen atoms in total. The van der Waals surface area contributed by atoms with Gasteiger partial charge in [-0.15, -0.1) is 0 Å². The first-order valence-electron chi connectivity index (χ1n) is 4.52. The van der Waals surface area contributed by atoms with Gasteiger partial charge in [-0.3, -0.25) is 0 Å². The summed E-state index contributed by atoms with van der Waals surface area (Å²) in [4.78, 5) is 11.4. The molecule has 0 spiro atoms. The zero-order valence-electron chi connectivity index (χ0n) is 8.24. The van der Waals surface area contributed by atoms with Crippen molar-refractivity contribution in [2.24, 2.45) is 0 Å². The molecule has 0 aliphatic heterocycles. The quantitative estimate of drug-likeness (QED) is 0.647. The smallest absolute Gasteiger partial charge is 0.338 e. The molecule has 0 fully saturated rings. The van der Waals surface area contributed by atoms with Crippen LogP contribution in [0.15, 0.2) is 12.1 Å². The summed E-state index contributed by atoms with van der Waals surface area (Å²) in [5, 5.41) is 17.8. The van der Waals surface area contributed by atoms with Gasteiger partial charge < -0.3 is 14.9 Å². The maximum Gasteiger partial charge on any atom is 0.338 e. The molecular formula is C10H10Cl2O4. The molecule has 0 saturated carbocycles. The molecule has 1 rings (SSSR count). The van der Waals surface area contributed by atoms with E-state index >= 15 is 0 Å². The minimum absolute atomic E-state index is 0.0124. The van der Waals surface area contributed by atoms with Crippen molar-refractivity contribution in [3.05, 3.63) is 27.7 Å². The van der Waals surface area contributed by atoms with Crippen molar-refractivity contribution in [1.29, 1.82) is 0 Å². The number of hydrogen-bond donors (Lipinski definition) is 2. The Morgan fingerprint density at radius 3 is 2.38 bits per heavy atom. The largest absolute Gasteiger partial charge is 0.505 e. The SMILES string of the molecule is O=C(OCCCO)c1cc(Cl)c(O)c(Cl)c1. The number of phenols is 1. The molecule has 2 N–H and O–H groups in total. The number of benzene rings is 1. The highest BCUT2D eigenvalue weighted by molar-refractivity contribution is 6.37. The van der Waals surface area contributed by atoms with Crippen molar-refractivity contribution in [2.75, 3.05) is 13.2 Å². The Morgan fingerprint density at radius 1 is 1.31 bits per heavy atom. The van der Waals surface area contributed by atoms with Crippen LogP contribution in [0.1, 0.15) is 16.8 Å². The molecule has 0 bridgehead atoms. The van der Waals surface area contributed by atoms with Crippen molar-refractivity contribution in [3.8, 4) is 5.75 Å². The van der Waals surface area contributed by atoms with E-state index in [-0.39, 0.29) is 34.6 Å². The molecule has 88 valence electrons. The van der Waals surface area contributed by atoms with E-state index in [9.17, 15) is 9.90 Å². The topological polar surface area (TPSA) is 66.8 Å². The third kappa shape index (κ3) is 3.27. The van der Waals surface area contributed by atoms with Crippen LogP contribution >= 0.6 is 23.2 Å². The zero-order valence-corrected chi connectivity index (χ0v) is 9.75. The van der Waals surface area contributed by atoms with Gasteiger partial charge in [0.25, 0.3) is 0 Å². The Kier molecular flexibility index (Phi) is 4.86. The second kappa shape index (κ2) is 5.94. The fourth-order valence-electron chi connectivity index (χ4n) is 0.996. The highest BCUT2D eigenvalue weighted by atomic mass is 35.5. The van der Waals surface area contributed by atoms with Crippen molar-refractivity contribution in [3.63, 3.8) is 0 Å². The van der Waals surface area contributed by atoms with Crippen LogP contribution in [-0.2, 0) is 4.74 Å². The number of aromatic hydroxyl groups is 1. The maximum atomic E-state index is 11.4. The van der Waals surface area contributed by atoms with E-state index in [0.29, 0.717) is 6.42 Å². The first kappa shape index (κ1) is 13.1. The molecule has 6 heteroatoms. The van der Waals surface area contributed by atoms with Crippen LogP contribution in [-0.4, -0.2) is 29.4 Å². The number of hydrogen-bond acceptors (Lipinski definition) is 4. The van der Waals surface area contributed by atoms with E-state index in [4.69, 9.17) is 33.0 Å². The number of ether oxygens (including phenoxy) is 1. The molecule has 0 aromatic heterocycles. The van der Waals surface area contributed by atoms with Crippen LogP contribution < -0.4 is 0 Å². The Balaban J connectivity index is 2.76. The number of halogens is 2. The average Bonchev–Trinajstić information content (AvgIpc) is 2.25. The predicted octanol–water partition coefficient (Wildman–Crippen LogP) is 2.24. The van der Waals surface area contributed by atoms with Gasteiger partial charge in [-0.05, 0) is 12.1 Å². The molecule has 0 aliphatic carbocycles.